The number of amides is 2. The highest BCUT2D eigenvalue weighted by atomic mass is 32.2. The van der Waals surface area contributed by atoms with E-state index in [1.165, 1.54) is 0 Å². The van der Waals surface area contributed by atoms with Gasteiger partial charge in [0.1, 0.15) is 5.94 Å². The second-order valence-electron chi connectivity index (χ2n) is 0.740. The summed E-state index contributed by atoms with van der Waals surface area (Å²) in [5.41, 5.74) is 4.60. The van der Waals surface area contributed by atoms with Crippen LogP contribution < -0.4 is 10.5 Å². The van der Waals surface area contributed by atoms with Gasteiger partial charge < -0.3 is 10.8 Å². The highest BCUT2D eigenvalue weighted by molar-refractivity contribution is 7.97. The first-order valence-electron chi connectivity index (χ1n) is 1.55. The van der Waals surface area contributed by atoms with Crippen molar-refractivity contribution in [3.8, 4) is 0 Å². The number of hydrogen-bond donors (Lipinski definition) is 3. The van der Waals surface area contributed by atoms with Gasteiger partial charge in [-0.05, 0) is 11.9 Å². The molecule has 0 unspecified atom stereocenters. The van der Waals surface area contributed by atoms with Crippen LogP contribution in [0.4, 0.5) is 4.79 Å². The zero-order chi connectivity index (χ0) is 5.70. The lowest BCUT2D eigenvalue weighted by atomic mass is 11.2. The number of urea groups is 1. The van der Waals surface area contributed by atoms with Crippen molar-refractivity contribution in [1.82, 2.24) is 4.72 Å². The van der Waals surface area contributed by atoms with Crippen LogP contribution in [0.2, 0.25) is 0 Å². The minimum Gasteiger partial charge on any atom is -0.384 e. The molecule has 4 nitrogen and oxygen atoms in total. The van der Waals surface area contributed by atoms with Gasteiger partial charge >= 0.3 is 6.03 Å². The third kappa shape index (κ3) is 5.58. The molecule has 42 valence electrons. The minimum atomic E-state index is -0.640. The number of carbonyl (C=O) groups is 1. The van der Waals surface area contributed by atoms with Crippen molar-refractivity contribution in [3.05, 3.63) is 0 Å². The van der Waals surface area contributed by atoms with Gasteiger partial charge in [-0.2, -0.15) is 0 Å². The number of nitrogens with two attached hydrogens (primary N) is 1. The fourth-order valence-corrected chi connectivity index (χ4v) is 0.310. The van der Waals surface area contributed by atoms with E-state index in [1.807, 2.05) is 0 Å². The topological polar surface area (TPSA) is 75.4 Å². The van der Waals surface area contributed by atoms with Gasteiger partial charge in [0.25, 0.3) is 0 Å². The highest BCUT2D eigenvalue weighted by Gasteiger charge is 1.85. The minimum absolute atomic E-state index is 0.150. The number of primary amides is 1. The molecule has 2 amide bonds. The first-order chi connectivity index (χ1) is 3.27. The van der Waals surface area contributed by atoms with Gasteiger partial charge in [-0.1, -0.05) is 0 Å². The number of rotatable bonds is 2. The predicted molar refractivity (Wildman–Crippen MR) is 27.4 cm³/mol. The van der Waals surface area contributed by atoms with Gasteiger partial charge in [0, 0.05) is 0 Å². The van der Waals surface area contributed by atoms with Gasteiger partial charge in [-0.3, -0.25) is 4.72 Å². The van der Waals surface area contributed by atoms with Crippen LogP contribution in [0, 0.1) is 0 Å². The molecule has 0 aromatic rings. The van der Waals surface area contributed by atoms with Crippen molar-refractivity contribution in [2.24, 2.45) is 5.73 Å². The smallest absolute Gasteiger partial charge is 0.322 e. The van der Waals surface area contributed by atoms with E-state index in [9.17, 15) is 4.79 Å². The summed E-state index contributed by atoms with van der Waals surface area (Å²) in [7, 11) is 0. The van der Waals surface area contributed by atoms with E-state index < -0.39 is 6.03 Å². The maximum absolute atomic E-state index is 9.74. The Hall–Kier alpha value is -0.420. The molecule has 0 saturated heterocycles. The molecular formula is C2H6N2O2S. The third-order valence-electron chi connectivity index (χ3n) is 0.237. The van der Waals surface area contributed by atoms with Crippen molar-refractivity contribution in [2.75, 3.05) is 5.94 Å². The van der Waals surface area contributed by atoms with Gasteiger partial charge in [0.15, 0.2) is 0 Å². The van der Waals surface area contributed by atoms with E-state index in [-0.39, 0.29) is 5.94 Å². The van der Waals surface area contributed by atoms with Crippen molar-refractivity contribution in [1.29, 1.82) is 0 Å². The summed E-state index contributed by atoms with van der Waals surface area (Å²) in [5, 5.41) is 8.01. The molecule has 0 spiro atoms. The first-order valence-corrected chi connectivity index (χ1v) is 2.54. The maximum atomic E-state index is 9.74. The van der Waals surface area contributed by atoms with Crippen LogP contribution >= 0.6 is 11.9 Å². The van der Waals surface area contributed by atoms with Crippen LogP contribution in [-0.4, -0.2) is 17.1 Å². The average Bonchev–Trinajstić information content (AvgIpc) is 1.61. The molecule has 5 heteroatoms. The van der Waals surface area contributed by atoms with E-state index >= 15 is 0 Å². The van der Waals surface area contributed by atoms with Crippen LogP contribution in [0.5, 0.6) is 0 Å². The zero-order valence-electron chi connectivity index (χ0n) is 3.55. The van der Waals surface area contributed by atoms with E-state index in [0.717, 1.165) is 11.9 Å². The average molecular weight is 122 g/mol. The normalized spacial score (nSPS) is 8.14. The number of nitrogens with one attached hydrogen (secondary N) is 1. The van der Waals surface area contributed by atoms with Crippen molar-refractivity contribution >= 4 is 18.0 Å². The van der Waals surface area contributed by atoms with Crippen LogP contribution in [-0.2, 0) is 0 Å². The van der Waals surface area contributed by atoms with Crippen molar-refractivity contribution in [2.45, 2.75) is 0 Å². The lowest BCUT2D eigenvalue weighted by Gasteiger charge is -1.91. The third-order valence-corrected chi connectivity index (χ3v) is 0.712. The summed E-state index contributed by atoms with van der Waals surface area (Å²) in [4.78, 5) is 9.74. The Balaban J connectivity index is 2.82. The van der Waals surface area contributed by atoms with E-state index in [2.05, 4.69) is 10.5 Å². The molecule has 0 aliphatic carbocycles. The summed E-state index contributed by atoms with van der Waals surface area (Å²) < 4.78 is 2.10. The van der Waals surface area contributed by atoms with E-state index in [0.29, 0.717) is 0 Å². The number of carbonyl (C=O) groups excluding carboxylic acids is 1. The lowest BCUT2D eigenvalue weighted by Crippen LogP contribution is -2.23. The molecule has 0 saturated carbocycles. The molecule has 0 aliphatic heterocycles. The molecule has 0 bridgehead atoms. The monoisotopic (exact) mass is 122 g/mol. The van der Waals surface area contributed by atoms with E-state index in [4.69, 9.17) is 5.11 Å². The van der Waals surface area contributed by atoms with Crippen molar-refractivity contribution < 1.29 is 9.90 Å². The van der Waals surface area contributed by atoms with Crippen LogP contribution in [0.15, 0.2) is 0 Å². The molecule has 7 heavy (non-hydrogen) atoms. The van der Waals surface area contributed by atoms with Crippen LogP contribution in [0.3, 0.4) is 0 Å². The standard InChI is InChI=1S/C2H6N2O2S/c3-2(6)4-7-1-5/h5H,1H2,(H3,3,4,6). The molecule has 0 fully saturated rings. The fourth-order valence-electron chi connectivity index (χ4n) is 0.103. The molecular weight excluding hydrogens is 116 g/mol. The molecule has 0 aliphatic rings. The van der Waals surface area contributed by atoms with Crippen LogP contribution in [0.25, 0.3) is 0 Å². The Morgan fingerprint density at radius 3 is 2.71 bits per heavy atom. The predicted octanol–water partition coefficient (Wildman–Crippen LogP) is -0.747. The van der Waals surface area contributed by atoms with Gasteiger partial charge in [0.2, 0.25) is 0 Å². The van der Waals surface area contributed by atoms with Gasteiger partial charge in [0.05, 0.1) is 0 Å². The molecule has 0 aromatic heterocycles. The number of aliphatic hydroxyl groups excluding tert-OH is 1. The summed E-state index contributed by atoms with van der Waals surface area (Å²) in [5.74, 6) is -0.150. The second kappa shape index (κ2) is 3.76. The Bertz CT molecular complexity index is 66.7. The first kappa shape index (κ1) is 6.58. The SMILES string of the molecule is NC(=O)NSCO. The number of aliphatic hydroxyl groups is 1. The summed E-state index contributed by atoms with van der Waals surface area (Å²) >= 11 is 0.847. The van der Waals surface area contributed by atoms with E-state index in [1.54, 1.807) is 0 Å². The Morgan fingerprint density at radius 2 is 2.57 bits per heavy atom. The molecule has 0 heterocycles. The second-order valence-corrected chi connectivity index (χ2v) is 1.49. The zero-order valence-corrected chi connectivity index (χ0v) is 4.36. The largest absolute Gasteiger partial charge is 0.384 e. The molecule has 4 N–H and O–H groups in total. The quantitative estimate of drug-likeness (QED) is 0.333. The van der Waals surface area contributed by atoms with Crippen LogP contribution in [0.1, 0.15) is 0 Å². The van der Waals surface area contributed by atoms with Gasteiger partial charge in [-0.25, -0.2) is 4.79 Å². The maximum Gasteiger partial charge on any atom is 0.322 e. The molecule has 0 atom stereocenters. The Morgan fingerprint density at radius 1 is 2.00 bits per heavy atom. The fraction of sp³-hybridized carbons (Fsp3) is 0.500. The Kier molecular flexibility index (Phi) is 3.53. The molecule has 0 radical (unpaired) electrons. The number of hydrogen-bond acceptors (Lipinski definition) is 3. The van der Waals surface area contributed by atoms with Gasteiger partial charge in [-0.15, -0.1) is 0 Å². The van der Waals surface area contributed by atoms with Crippen molar-refractivity contribution in [3.63, 3.8) is 0 Å². The lowest BCUT2D eigenvalue weighted by molar-refractivity contribution is 0.254. The highest BCUT2D eigenvalue weighted by Crippen LogP contribution is 1.84. The summed E-state index contributed by atoms with van der Waals surface area (Å²) in [6.07, 6.45) is 0. The Labute approximate surface area is 45.2 Å². The molecule has 0 aromatic carbocycles. The molecule has 0 rings (SSSR count). The summed E-state index contributed by atoms with van der Waals surface area (Å²) in [6.45, 7) is 0. The summed E-state index contributed by atoms with van der Waals surface area (Å²) in [6, 6.07) is -0.640.